The number of carboxylic acids is 1. The summed E-state index contributed by atoms with van der Waals surface area (Å²) in [7, 11) is 0. The lowest BCUT2D eigenvalue weighted by Crippen LogP contribution is -2.21. The number of aromatic nitrogens is 1. The normalized spacial score (nSPS) is 10.5. The molecular formula is C19H23NO4. The van der Waals surface area contributed by atoms with Crippen molar-refractivity contribution in [1.82, 2.24) is 4.57 Å². The first-order valence-corrected chi connectivity index (χ1v) is 8.25. The number of nitrogens with zero attached hydrogens (tertiary/aromatic N) is 1. The second-order valence-corrected chi connectivity index (χ2v) is 5.66. The number of hydrogen-bond donors (Lipinski definition) is 1. The van der Waals surface area contributed by atoms with E-state index < -0.39 is 5.97 Å². The highest BCUT2D eigenvalue weighted by Gasteiger charge is 2.05. The Bertz CT molecular complexity index is 694. The van der Waals surface area contributed by atoms with Gasteiger partial charge in [-0.25, -0.2) is 0 Å². The highest BCUT2D eigenvalue weighted by atomic mass is 16.5. The Labute approximate surface area is 141 Å². The maximum atomic E-state index is 12.3. The van der Waals surface area contributed by atoms with Crippen molar-refractivity contribution in [3.63, 3.8) is 0 Å². The second-order valence-electron chi connectivity index (χ2n) is 5.66. The van der Waals surface area contributed by atoms with E-state index in [-0.39, 0.29) is 12.0 Å². The highest BCUT2D eigenvalue weighted by Crippen LogP contribution is 2.07. The van der Waals surface area contributed by atoms with Crippen LogP contribution in [-0.2, 0) is 17.8 Å². The Hall–Kier alpha value is -2.56. The zero-order valence-corrected chi connectivity index (χ0v) is 13.7. The van der Waals surface area contributed by atoms with E-state index in [0.29, 0.717) is 31.7 Å². The third-order valence-electron chi connectivity index (χ3n) is 3.74. The number of aryl methyl sites for hydroxylation is 2. The van der Waals surface area contributed by atoms with Crippen molar-refractivity contribution >= 4 is 5.97 Å². The molecule has 0 aliphatic rings. The van der Waals surface area contributed by atoms with Crippen molar-refractivity contribution in [3.8, 4) is 5.75 Å². The van der Waals surface area contributed by atoms with E-state index in [1.165, 1.54) is 5.56 Å². The van der Waals surface area contributed by atoms with E-state index in [2.05, 4.69) is 12.1 Å². The minimum atomic E-state index is -0.808. The molecule has 5 heteroatoms. The van der Waals surface area contributed by atoms with Gasteiger partial charge >= 0.3 is 5.97 Å². The second kappa shape index (κ2) is 9.55. The molecule has 5 nitrogen and oxygen atoms in total. The number of carboxylic acid groups (broad SMARTS) is 1. The predicted octanol–water partition coefficient (Wildman–Crippen LogP) is 3.11. The van der Waals surface area contributed by atoms with Gasteiger partial charge in [-0.05, 0) is 43.4 Å². The van der Waals surface area contributed by atoms with E-state index in [0.717, 1.165) is 12.8 Å². The van der Waals surface area contributed by atoms with E-state index in [1.54, 1.807) is 22.9 Å². The Morgan fingerprint density at radius 2 is 1.83 bits per heavy atom. The van der Waals surface area contributed by atoms with Gasteiger partial charge in [-0.2, -0.15) is 0 Å². The van der Waals surface area contributed by atoms with Gasteiger partial charge in [0, 0.05) is 19.2 Å². The third-order valence-corrected chi connectivity index (χ3v) is 3.74. The molecule has 1 N–H and O–H groups in total. The summed E-state index contributed by atoms with van der Waals surface area (Å²) >= 11 is 0. The molecule has 0 saturated carbocycles. The fraction of sp³-hybridized carbons (Fsp3) is 0.368. The molecule has 0 saturated heterocycles. The molecule has 1 aromatic carbocycles. The Morgan fingerprint density at radius 1 is 1.04 bits per heavy atom. The zero-order valence-electron chi connectivity index (χ0n) is 13.7. The molecule has 0 bridgehead atoms. The van der Waals surface area contributed by atoms with Gasteiger partial charge in [0.05, 0.1) is 6.61 Å². The van der Waals surface area contributed by atoms with Gasteiger partial charge in [0.15, 0.2) is 5.75 Å². The Kier molecular flexibility index (Phi) is 7.08. The first-order chi connectivity index (χ1) is 11.7. The lowest BCUT2D eigenvalue weighted by molar-refractivity contribution is -0.137. The van der Waals surface area contributed by atoms with Crippen LogP contribution in [0.4, 0.5) is 0 Å². The summed E-state index contributed by atoms with van der Waals surface area (Å²) in [4.78, 5) is 22.8. The molecule has 0 fully saturated rings. The van der Waals surface area contributed by atoms with Crippen LogP contribution in [0.15, 0.2) is 53.5 Å². The molecule has 0 aliphatic carbocycles. The summed E-state index contributed by atoms with van der Waals surface area (Å²) < 4.78 is 7.19. The number of pyridine rings is 1. The van der Waals surface area contributed by atoms with E-state index >= 15 is 0 Å². The first kappa shape index (κ1) is 17.8. The monoisotopic (exact) mass is 329 g/mol. The van der Waals surface area contributed by atoms with Crippen molar-refractivity contribution in [1.29, 1.82) is 0 Å². The van der Waals surface area contributed by atoms with Crippen molar-refractivity contribution in [3.05, 3.63) is 64.6 Å². The summed E-state index contributed by atoms with van der Waals surface area (Å²) in [5.41, 5.74) is 1.09. The topological polar surface area (TPSA) is 68.5 Å². The van der Waals surface area contributed by atoms with Crippen molar-refractivity contribution in [2.45, 2.75) is 38.6 Å². The summed E-state index contributed by atoms with van der Waals surface area (Å²) in [5, 5.41) is 8.62. The van der Waals surface area contributed by atoms with Gasteiger partial charge in [0.25, 0.3) is 5.56 Å². The summed E-state index contributed by atoms with van der Waals surface area (Å²) in [5.74, 6) is -0.457. The average Bonchev–Trinajstić information content (AvgIpc) is 2.58. The molecule has 0 spiro atoms. The van der Waals surface area contributed by atoms with Gasteiger partial charge in [-0.3, -0.25) is 9.59 Å². The fourth-order valence-electron chi connectivity index (χ4n) is 2.46. The molecule has 0 amide bonds. The van der Waals surface area contributed by atoms with Crippen molar-refractivity contribution in [2.75, 3.05) is 6.61 Å². The SMILES string of the molecule is O=C(O)CCCCn1cccc(OCCCc2ccccc2)c1=O. The van der Waals surface area contributed by atoms with Crippen LogP contribution >= 0.6 is 0 Å². The maximum absolute atomic E-state index is 12.3. The number of ether oxygens (including phenoxy) is 1. The first-order valence-electron chi connectivity index (χ1n) is 8.25. The molecule has 0 atom stereocenters. The summed E-state index contributed by atoms with van der Waals surface area (Å²) in [6, 6.07) is 13.6. The molecule has 24 heavy (non-hydrogen) atoms. The van der Waals surface area contributed by atoms with Crippen LogP contribution < -0.4 is 10.3 Å². The quantitative estimate of drug-likeness (QED) is 0.680. The van der Waals surface area contributed by atoms with Crippen molar-refractivity contribution in [2.24, 2.45) is 0 Å². The van der Waals surface area contributed by atoms with Gasteiger partial charge in [0.2, 0.25) is 0 Å². The Balaban J connectivity index is 1.79. The van der Waals surface area contributed by atoms with Gasteiger partial charge in [-0.1, -0.05) is 30.3 Å². The van der Waals surface area contributed by atoms with Gasteiger partial charge in [0.1, 0.15) is 0 Å². The highest BCUT2D eigenvalue weighted by molar-refractivity contribution is 5.66. The van der Waals surface area contributed by atoms with Gasteiger partial charge < -0.3 is 14.4 Å². The van der Waals surface area contributed by atoms with Crippen LogP contribution in [0.25, 0.3) is 0 Å². The molecule has 1 heterocycles. The van der Waals surface area contributed by atoms with Crippen LogP contribution in [-0.4, -0.2) is 22.2 Å². The van der Waals surface area contributed by atoms with E-state index in [9.17, 15) is 9.59 Å². The largest absolute Gasteiger partial charge is 0.488 e. The lowest BCUT2D eigenvalue weighted by Gasteiger charge is -2.09. The standard InChI is InChI=1S/C19H23NO4/c21-18(22)12-4-5-13-20-14-6-11-17(19(20)23)24-15-7-10-16-8-2-1-3-9-16/h1-3,6,8-9,11,14H,4-5,7,10,12-13,15H2,(H,21,22). The fourth-order valence-corrected chi connectivity index (χ4v) is 2.46. The average molecular weight is 329 g/mol. The number of hydrogen-bond acceptors (Lipinski definition) is 3. The number of aliphatic carboxylic acids is 1. The zero-order chi connectivity index (χ0) is 17.2. The summed E-state index contributed by atoms with van der Waals surface area (Å²) in [6.07, 6.45) is 4.81. The smallest absolute Gasteiger partial charge is 0.303 e. The van der Waals surface area contributed by atoms with E-state index in [1.807, 2.05) is 18.2 Å². The molecule has 1 aromatic heterocycles. The van der Waals surface area contributed by atoms with Gasteiger partial charge in [-0.15, -0.1) is 0 Å². The minimum absolute atomic E-state index is 0.129. The van der Waals surface area contributed by atoms with Crippen LogP contribution in [0.1, 0.15) is 31.2 Å². The van der Waals surface area contributed by atoms with E-state index in [4.69, 9.17) is 9.84 Å². The molecular weight excluding hydrogens is 306 g/mol. The lowest BCUT2D eigenvalue weighted by atomic mass is 10.1. The molecule has 2 rings (SSSR count). The van der Waals surface area contributed by atoms with Crippen molar-refractivity contribution < 1.29 is 14.6 Å². The maximum Gasteiger partial charge on any atom is 0.303 e. The molecule has 128 valence electrons. The predicted molar refractivity (Wildman–Crippen MR) is 92.4 cm³/mol. The third kappa shape index (κ3) is 5.91. The molecule has 0 aliphatic heterocycles. The van der Waals surface area contributed by atoms with Crippen LogP contribution in [0, 0.1) is 0 Å². The molecule has 2 aromatic rings. The summed E-state index contributed by atoms with van der Waals surface area (Å²) in [6.45, 7) is 1.00. The Morgan fingerprint density at radius 3 is 2.58 bits per heavy atom. The number of benzene rings is 1. The number of unbranched alkanes of at least 4 members (excludes halogenated alkanes) is 1. The number of rotatable bonds is 10. The van der Waals surface area contributed by atoms with Crippen LogP contribution in [0.5, 0.6) is 5.75 Å². The van der Waals surface area contributed by atoms with Crippen LogP contribution in [0.2, 0.25) is 0 Å². The van der Waals surface area contributed by atoms with Crippen LogP contribution in [0.3, 0.4) is 0 Å². The minimum Gasteiger partial charge on any atom is -0.488 e. The number of carbonyl (C=O) groups is 1. The molecule has 0 unspecified atom stereocenters. The molecule has 0 radical (unpaired) electrons.